The number of hydrogen-bond donors (Lipinski definition) is 3. The average Bonchev–Trinajstić information content (AvgIpc) is 2.55. The second kappa shape index (κ2) is 16.5. The maximum absolute atomic E-state index is 10.3. The van der Waals surface area contributed by atoms with Crippen LogP contribution in [-0.2, 0) is 4.79 Å². The molecule has 0 aromatic carbocycles. The summed E-state index contributed by atoms with van der Waals surface area (Å²) in [4.78, 5) is 10.3. The number of aliphatic hydroxyl groups excluding tert-OH is 2. The Kier molecular flexibility index (Phi) is 15.5. The third kappa shape index (κ3) is 15.5. The van der Waals surface area contributed by atoms with E-state index >= 15 is 0 Å². The Morgan fingerprint density at radius 2 is 1.38 bits per heavy atom. The fraction of sp³-hybridized carbons (Fsp3) is 0.650. The summed E-state index contributed by atoms with van der Waals surface area (Å²) >= 11 is 0. The van der Waals surface area contributed by atoms with Crippen LogP contribution >= 0.6 is 0 Å². The van der Waals surface area contributed by atoms with Gasteiger partial charge in [-0.05, 0) is 44.9 Å². The molecule has 0 aliphatic heterocycles. The molecule has 0 fully saturated rings. The lowest BCUT2D eigenvalue weighted by Crippen LogP contribution is -2.24. The van der Waals surface area contributed by atoms with Crippen LogP contribution in [0.5, 0.6) is 0 Å². The van der Waals surface area contributed by atoms with E-state index in [1.807, 2.05) is 30.4 Å². The van der Waals surface area contributed by atoms with Gasteiger partial charge in [-0.25, -0.2) is 0 Å². The van der Waals surface area contributed by atoms with Crippen LogP contribution in [0.3, 0.4) is 0 Å². The summed E-state index contributed by atoms with van der Waals surface area (Å²) in [5.74, 6) is -0.758. The molecule has 0 bridgehead atoms. The van der Waals surface area contributed by atoms with Crippen LogP contribution < -0.4 is 0 Å². The molecule has 0 spiro atoms. The molecule has 0 saturated carbocycles. The van der Waals surface area contributed by atoms with Gasteiger partial charge in [0.2, 0.25) is 0 Å². The molecule has 0 aromatic heterocycles. The maximum atomic E-state index is 10.3. The number of allylic oxidation sites excluding steroid dienone is 4. The van der Waals surface area contributed by atoms with Crippen LogP contribution in [0.2, 0.25) is 0 Å². The predicted octanol–water partition coefficient (Wildman–Crippen LogP) is 4.38. The number of aliphatic hydroxyl groups is 2. The summed E-state index contributed by atoms with van der Waals surface area (Å²) < 4.78 is 0. The van der Waals surface area contributed by atoms with Crippen molar-refractivity contribution in [1.82, 2.24) is 0 Å². The van der Waals surface area contributed by atoms with E-state index in [4.69, 9.17) is 5.11 Å². The number of rotatable bonds is 15. The summed E-state index contributed by atoms with van der Waals surface area (Å²) in [6.45, 7) is 2.17. The molecule has 4 heteroatoms. The molecule has 4 nitrogen and oxygen atoms in total. The van der Waals surface area contributed by atoms with Gasteiger partial charge in [0.15, 0.2) is 0 Å². The van der Waals surface area contributed by atoms with Gasteiger partial charge in [-0.2, -0.15) is 0 Å². The van der Waals surface area contributed by atoms with Crippen LogP contribution in [0.4, 0.5) is 0 Å². The molecular weight excluding hydrogens is 304 g/mol. The molecular formula is C20H34O4. The number of carboxylic acids is 1. The Morgan fingerprint density at radius 3 is 2.00 bits per heavy atom. The monoisotopic (exact) mass is 338 g/mol. The van der Waals surface area contributed by atoms with E-state index in [1.54, 1.807) is 0 Å². The summed E-state index contributed by atoms with van der Waals surface area (Å²) in [5, 5.41) is 28.2. The van der Waals surface area contributed by atoms with E-state index < -0.39 is 18.2 Å². The first-order valence-electron chi connectivity index (χ1n) is 9.10. The van der Waals surface area contributed by atoms with E-state index in [0.717, 1.165) is 19.3 Å². The highest BCUT2D eigenvalue weighted by Crippen LogP contribution is 2.07. The molecule has 138 valence electrons. The molecule has 0 radical (unpaired) electrons. The minimum atomic E-state index is -0.758. The number of carboxylic acid groups (broad SMARTS) is 1. The highest BCUT2D eigenvalue weighted by atomic mass is 16.4. The van der Waals surface area contributed by atoms with Crippen molar-refractivity contribution in [3.8, 4) is 0 Å². The number of aliphatic carboxylic acids is 1. The quantitative estimate of drug-likeness (QED) is 0.306. The number of unbranched alkanes of at least 4 members (excludes halogenated alkanes) is 4. The van der Waals surface area contributed by atoms with Gasteiger partial charge >= 0.3 is 5.97 Å². The lowest BCUT2D eigenvalue weighted by atomic mass is 10.1. The van der Waals surface area contributed by atoms with Crippen LogP contribution in [0.15, 0.2) is 36.5 Å². The first-order valence-corrected chi connectivity index (χ1v) is 9.10. The van der Waals surface area contributed by atoms with Crippen molar-refractivity contribution in [2.45, 2.75) is 83.3 Å². The molecule has 24 heavy (non-hydrogen) atoms. The van der Waals surface area contributed by atoms with Crippen LogP contribution in [0.1, 0.15) is 71.1 Å². The fourth-order valence-electron chi connectivity index (χ4n) is 2.18. The standard InChI is InChI=1S/C20H34O4/c1-2-3-4-5-9-12-15-18(21)19(22)16-13-10-7-6-8-11-14-17-20(23)24/h6,8-10,12-13,18-19,21-22H,2-5,7,11,14-17H2,1H3,(H,23,24)/b8-6-,12-9-,13-10-/t18-,19+/m1/s1. The van der Waals surface area contributed by atoms with E-state index in [2.05, 4.69) is 13.0 Å². The zero-order valence-electron chi connectivity index (χ0n) is 14.9. The van der Waals surface area contributed by atoms with Crippen LogP contribution in [0, 0.1) is 0 Å². The molecule has 0 heterocycles. The summed E-state index contributed by atoms with van der Waals surface area (Å²) in [5.41, 5.74) is 0. The molecule has 0 rings (SSSR count). The highest BCUT2D eigenvalue weighted by molar-refractivity contribution is 5.66. The fourth-order valence-corrected chi connectivity index (χ4v) is 2.18. The lowest BCUT2D eigenvalue weighted by molar-refractivity contribution is -0.137. The highest BCUT2D eigenvalue weighted by Gasteiger charge is 2.12. The van der Waals surface area contributed by atoms with Gasteiger partial charge in [0.25, 0.3) is 0 Å². The van der Waals surface area contributed by atoms with E-state index in [9.17, 15) is 15.0 Å². The molecule has 3 N–H and O–H groups in total. The Hall–Kier alpha value is -1.39. The van der Waals surface area contributed by atoms with Gasteiger partial charge < -0.3 is 15.3 Å². The zero-order valence-corrected chi connectivity index (χ0v) is 14.9. The summed E-state index contributed by atoms with van der Waals surface area (Å²) in [6.07, 6.45) is 18.3. The molecule has 0 saturated heterocycles. The Bertz CT molecular complexity index is 385. The second-order valence-corrected chi connectivity index (χ2v) is 6.04. The Balaban J connectivity index is 3.69. The van der Waals surface area contributed by atoms with Crippen molar-refractivity contribution in [2.24, 2.45) is 0 Å². The van der Waals surface area contributed by atoms with Crippen molar-refractivity contribution in [3.63, 3.8) is 0 Å². The van der Waals surface area contributed by atoms with Crippen molar-refractivity contribution < 1.29 is 20.1 Å². The molecule has 2 atom stereocenters. The van der Waals surface area contributed by atoms with Gasteiger partial charge in [-0.1, -0.05) is 56.2 Å². The smallest absolute Gasteiger partial charge is 0.303 e. The van der Waals surface area contributed by atoms with Gasteiger partial charge in [-0.15, -0.1) is 0 Å². The molecule has 0 aliphatic rings. The molecule has 0 aromatic rings. The summed E-state index contributed by atoms with van der Waals surface area (Å²) in [7, 11) is 0. The molecule has 0 amide bonds. The Morgan fingerprint density at radius 1 is 0.833 bits per heavy atom. The SMILES string of the molecule is CCCCC/C=C\C[C@@H](O)[C@@H](O)C/C=C\C/C=C\CCCC(=O)O. The minimum Gasteiger partial charge on any atom is -0.481 e. The lowest BCUT2D eigenvalue weighted by Gasteiger charge is -2.14. The number of hydrogen-bond acceptors (Lipinski definition) is 3. The molecule has 0 unspecified atom stereocenters. The van der Waals surface area contributed by atoms with E-state index in [0.29, 0.717) is 19.3 Å². The number of carbonyl (C=O) groups is 1. The third-order valence-electron chi connectivity index (χ3n) is 3.71. The maximum Gasteiger partial charge on any atom is 0.303 e. The predicted molar refractivity (Wildman–Crippen MR) is 98.9 cm³/mol. The second-order valence-electron chi connectivity index (χ2n) is 6.04. The average molecular weight is 338 g/mol. The normalized spacial score (nSPS) is 14.8. The van der Waals surface area contributed by atoms with Crippen molar-refractivity contribution in [3.05, 3.63) is 36.5 Å². The Labute approximate surface area is 146 Å². The van der Waals surface area contributed by atoms with Crippen molar-refractivity contribution >= 4 is 5.97 Å². The van der Waals surface area contributed by atoms with Gasteiger partial charge in [-0.3, -0.25) is 4.79 Å². The zero-order chi connectivity index (χ0) is 18.0. The van der Waals surface area contributed by atoms with Crippen LogP contribution in [-0.4, -0.2) is 33.5 Å². The topological polar surface area (TPSA) is 77.8 Å². The first kappa shape index (κ1) is 22.6. The van der Waals surface area contributed by atoms with Gasteiger partial charge in [0.1, 0.15) is 0 Å². The van der Waals surface area contributed by atoms with Crippen LogP contribution in [0.25, 0.3) is 0 Å². The van der Waals surface area contributed by atoms with E-state index in [-0.39, 0.29) is 6.42 Å². The van der Waals surface area contributed by atoms with Gasteiger partial charge in [0, 0.05) is 6.42 Å². The molecule has 0 aliphatic carbocycles. The summed E-state index contributed by atoms with van der Waals surface area (Å²) in [6, 6.07) is 0. The first-order chi connectivity index (χ1) is 11.6. The van der Waals surface area contributed by atoms with Crippen molar-refractivity contribution in [1.29, 1.82) is 0 Å². The van der Waals surface area contributed by atoms with Crippen molar-refractivity contribution in [2.75, 3.05) is 0 Å². The minimum absolute atomic E-state index is 0.206. The van der Waals surface area contributed by atoms with Gasteiger partial charge in [0.05, 0.1) is 12.2 Å². The van der Waals surface area contributed by atoms with E-state index in [1.165, 1.54) is 19.3 Å². The third-order valence-corrected chi connectivity index (χ3v) is 3.71. The largest absolute Gasteiger partial charge is 0.481 e.